The third-order valence-corrected chi connectivity index (χ3v) is 3.26. The molecule has 4 nitrogen and oxygen atoms in total. The summed E-state index contributed by atoms with van der Waals surface area (Å²) in [6.07, 6.45) is 0.413. The van der Waals surface area contributed by atoms with Crippen LogP contribution in [0.2, 0.25) is 0 Å². The largest absolute Gasteiger partial charge is 0.496 e. The molecule has 1 unspecified atom stereocenters. The Balaban J connectivity index is 0.00000180. The smallest absolute Gasteiger partial charge is 0.227 e. The molecule has 1 fully saturated rings. The zero-order valence-electron chi connectivity index (χ0n) is 11.4. The number of carbonyl (C=O) groups excluding carboxylic acids is 1. The number of benzene rings is 1. The normalized spacial score (nSPS) is 18.6. The maximum atomic E-state index is 12.2. The average molecular weight is 285 g/mol. The molecule has 1 amide bonds. The minimum atomic E-state index is 0. The standard InChI is InChI=1S/C14H20N2O2.ClH/c1-11-10-16(8-7-15-11)14(17)9-12-5-3-4-6-13(12)18-2;/h3-6,11,15H,7-10H2,1-2H3;1H. The molecule has 1 aromatic rings. The Bertz CT molecular complexity index is 426. The molecule has 1 atom stereocenters. The van der Waals surface area contributed by atoms with Crippen molar-refractivity contribution in [2.45, 2.75) is 19.4 Å². The molecule has 1 aromatic carbocycles. The van der Waals surface area contributed by atoms with E-state index in [2.05, 4.69) is 12.2 Å². The third-order valence-electron chi connectivity index (χ3n) is 3.26. The molecule has 0 spiro atoms. The van der Waals surface area contributed by atoms with Crippen LogP contribution in [0.3, 0.4) is 0 Å². The molecule has 0 radical (unpaired) electrons. The van der Waals surface area contributed by atoms with Crippen LogP contribution in [0, 0.1) is 0 Å². The van der Waals surface area contributed by atoms with Crippen LogP contribution in [0.25, 0.3) is 0 Å². The number of nitrogens with one attached hydrogen (secondary N) is 1. The quantitative estimate of drug-likeness (QED) is 0.914. The Hall–Kier alpha value is -1.26. The molecule has 0 aromatic heterocycles. The molecule has 1 heterocycles. The van der Waals surface area contributed by atoms with E-state index < -0.39 is 0 Å². The number of amides is 1. The number of hydrogen-bond donors (Lipinski definition) is 1. The molecular weight excluding hydrogens is 264 g/mol. The molecule has 5 heteroatoms. The van der Waals surface area contributed by atoms with Gasteiger partial charge >= 0.3 is 0 Å². The summed E-state index contributed by atoms with van der Waals surface area (Å²) >= 11 is 0. The highest BCUT2D eigenvalue weighted by Gasteiger charge is 2.21. The van der Waals surface area contributed by atoms with Gasteiger partial charge in [0.05, 0.1) is 13.5 Å². The summed E-state index contributed by atoms with van der Waals surface area (Å²) in [4.78, 5) is 14.1. The number of ether oxygens (including phenoxy) is 1. The predicted molar refractivity (Wildman–Crippen MR) is 78.0 cm³/mol. The van der Waals surface area contributed by atoms with Crippen LogP contribution in [0.15, 0.2) is 24.3 Å². The molecule has 0 aliphatic carbocycles. The van der Waals surface area contributed by atoms with Gasteiger partial charge in [-0.1, -0.05) is 18.2 Å². The van der Waals surface area contributed by atoms with E-state index in [0.29, 0.717) is 12.5 Å². The van der Waals surface area contributed by atoms with Crippen molar-refractivity contribution in [2.75, 3.05) is 26.7 Å². The lowest BCUT2D eigenvalue weighted by Crippen LogP contribution is -2.51. The lowest BCUT2D eigenvalue weighted by molar-refractivity contribution is -0.131. The SMILES string of the molecule is COc1ccccc1CC(=O)N1CCNC(C)C1.Cl. The number of para-hydroxylation sites is 1. The number of methoxy groups -OCH3 is 1. The summed E-state index contributed by atoms with van der Waals surface area (Å²) in [6, 6.07) is 8.07. The van der Waals surface area contributed by atoms with E-state index in [1.54, 1.807) is 7.11 Å². The van der Waals surface area contributed by atoms with Crippen LogP contribution < -0.4 is 10.1 Å². The van der Waals surface area contributed by atoms with Gasteiger partial charge in [0, 0.05) is 31.2 Å². The summed E-state index contributed by atoms with van der Waals surface area (Å²) in [5, 5.41) is 3.33. The van der Waals surface area contributed by atoms with Gasteiger partial charge in [-0.2, -0.15) is 0 Å². The molecular formula is C14H21ClN2O2. The van der Waals surface area contributed by atoms with Gasteiger partial charge < -0.3 is 15.0 Å². The lowest BCUT2D eigenvalue weighted by Gasteiger charge is -2.32. The zero-order chi connectivity index (χ0) is 13.0. The zero-order valence-corrected chi connectivity index (χ0v) is 12.2. The molecule has 0 bridgehead atoms. The van der Waals surface area contributed by atoms with Crippen molar-refractivity contribution in [1.82, 2.24) is 10.2 Å². The molecule has 0 saturated carbocycles. The topological polar surface area (TPSA) is 41.6 Å². The third kappa shape index (κ3) is 4.11. The Kier molecular flexibility index (Phi) is 6.12. The first-order chi connectivity index (χ1) is 8.70. The van der Waals surface area contributed by atoms with Crippen LogP contribution in [0.5, 0.6) is 5.75 Å². The predicted octanol–water partition coefficient (Wildman–Crippen LogP) is 1.48. The van der Waals surface area contributed by atoms with E-state index in [0.717, 1.165) is 30.9 Å². The van der Waals surface area contributed by atoms with Crippen molar-refractivity contribution in [3.05, 3.63) is 29.8 Å². The fourth-order valence-electron chi connectivity index (χ4n) is 2.28. The average Bonchev–Trinajstić information content (AvgIpc) is 2.39. The van der Waals surface area contributed by atoms with Crippen molar-refractivity contribution >= 4 is 18.3 Å². The summed E-state index contributed by atoms with van der Waals surface area (Å²) in [5.41, 5.74) is 0.955. The highest BCUT2D eigenvalue weighted by Crippen LogP contribution is 2.18. The van der Waals surface area contributed by atoms with Gasteiger partial charge in [0.1, 0.15) is 5.75 Å². The minimum absolute atomic E-state index is 0. The minimum Gasteiger partial charge on any atom is -0.496 e. The summed E-state index contributed by atoms with van der Waals surface area (Å²) < 4.78 is 5.27. The first-order valence-electron chi connectivity index (χ1n) is 6.33. The maximum absolute atomic E-state index is 12.2. The van der Waals surface area contributed by atoms with Crippen LogP contribution >= 0.6 is 12.4 Å². The molecule has 1 aliphatic heterocycles. The van der Waals surface area contributed by atoms with E-state index in [4.69, 9.17) is 4.74 Å². The van der Waals surface area contributed by atoms with Crippen LogP contribution in [-0.4, -0.2) is 43.6 Å². The fourth-order valence-corrected chi connectivity index (χ4v) is 2.28. The van der Waals surface area contributed by atoms with Crippen molar-refractivity contribution in [3.8, 4) is 5.75 Å². The Labute approximate surface area is 120 Å². The summed E-state index contributed by atoms with van der Waals surface area (Å²) in [6.45, 7) is 4.55. The second kappa shape index (κ2) is 7.36. The second-order valence-electron chi connectivity index (χ2n) is 4.68. The first-order valence-corrected chi connectivity index (χ1v) is 6.33. The van der Waals surface area contributed by atoms with Crippen LogP contribution in [-0.2, 0) is 11.2 Å². The van der Waals surface area contributed by atoms with Crippen molar-refractivity contribution in [3.63, 3.8) is 0 Å². The Morgan fingerprint density at radius 1 is 1.47 bits per heavy atom. The lowest BCUT2D eigenvalue weighted by atomic mass is 10.1. The molecule has 1 aliphatic rings. The monoisotopic (exact) mass is 284 g/mol. The summed E-state index contributed by atoms with van der Waals surface area (Å²) in [7, 11) is 1.64. The fraction of sp³-hybridized carbons (Fsp3) is 0.500. The Morgan fingerprint density at radius 2 is 2.21 bits per heavy atom. The molecule has 106 valence electrons. The number of nitrogens with zero attached hydrogens (tertiary/aromatic N) is 1. The number of halogens is 1. The molecule has 1 N–H and O–H groups in total. The van der Waals surface area contributed by atoms with Gasteiger partial charge in [-0.05, 0) is 13.0 Å². The Morgan fingerprint density at radius 3 is 2.89 bits per heavy atom. The van der Waals surface area contributed by atoms with Crippen LogP contribution in [0.4, 0.5) is 0 Å². The van der Waals surface area contributed by atoms with Gasteiger partial charge in [-0.25, -0.2) is 0 Å². The number of hydrogen-bond acceptors (Lipinski definition) is 3. The molecule has 1 saturated heterocycles. The second-order valence-corrected chi connectivity index (χ2v) is 4.68. The van der Waals surface area contributed by atoms with E-state index in [1.165, 1.54) is 0 Å². The van der Waals surface area contributed by atoms with E-state index in [1.807, 2.05) is 29.2 Å². The maximum Gasteiger partial charge on any atom is 0.227 e. The van der Waals surface area contributed by atoms with Gasteiger partial charge in [0.15, 0.2) is 0 Å². The highest BCUT2D eigenvalue weighted by atomic mass is 35.5. The van der Waals surface area contributed by atoms with Gasteiger partial charge in [-0.3, -0.25) is 4.79 Å². The van der Waals surface area contributed by atoms with Crippen molar-refractivity contribution < 1.29 is 9.53 Å². The van der Waals surface area contributed by atoms with Gasteiger partial charge in [-0.15, -0.1) is 12.4 Å². The number of rotatable bonds is 3. The van der Waals surface area contributed by atoms with Crippen molar-refractivity contribution in [2.24, 2.45) is 0 Å². The molecule has 19 heavy (non-hydrogen) atoms. The number of piperazine rings is 1. The van der Waals surface area contributed by atoms with Crippen molar-refractivity contribution in [1.29, 1.82) is 0 Å². The highest BCUT2D eigenvalue weighted by molar-refractivity contribution is 5.85. The number of carbonyl (C=O) groups is 1. The van der Waals surface area contributed by atoms with Gasteiger partial charge in [0.2, 0.25) is 5.91 Å². The van der Waals surface area contributed by atoms with E-state index >= 15 is 0 Å². The molecule has 2 rings (SSSR count). The van der Waals surface area contributed by atoms with E-state index in [-0.39, 0.29) is 18.3 Å². The van der Waals surface area contributed by atoms with Crippen LogP contribution in [0.1, 0.15) is 12.5 Å². The first kappa shape index (κ1) is 15.8. The summed E-state index contributed by atoms with van der Waals surface area (Å²) in [5.74, 6) is 0.960. The van der Waals surface area contributed by atoms with E-state index in [9.17, 15) is 4.79 Å². The van der Waals surface area contributed by atoms with Gasteiger partial charge in [0.25, 0.3) is 0 Å².